The zero-order valence-corrected chi connectivity index (χ0v) is 11.2. The number of nitrogens with one attached hydrogen (secondary N) is 1. The lowest BCUT2D eigenvalue weighted by atomic mass is 9.83. The van der Waals surface area contributed by atoms with Gasteiger partial charge in [0.05, 0.1) is 12.0 Å². The Kier molecular flexibility index (Phi) is 4.37. The number of alkyl halides is 2. The number of ether oxygens (including phenoxy) is 1. The van der Waals surface area contributed by atoms with Gasteiger partial charge in [-0.15, -0.1) is 0 Å². The number of carbonyl (C=O) groups is 2. The molecule has 1 saturated carbocycles. The van der Waals surface area contributed by atoms with Gasteiger partial charge in [-0.25, -0.2) is 13.6 Å². The number of aliphatic carboxylic acids is 1. The van der Waals surface area contributed by atoms with Crippen molar-refractivity contribution in [3.05, 3.63) is 0 Å². The first kappa shape index (κ1) is 15.7. The van der Waals surface area contributed by atoms with Crippen molar-refractivity contribution in [2.45, 2.75) is 57.6 Å². The Morgan fingerprint density at radius 3 is 2.32 bits per heavy atom. The van der Waals surface area contributed by atoms with Gasteiger partial charge < -0.3 is 15.2 Å². The lowest BCUT2D eigenvalue weighted by Gasteiger charge is -2.35. The number of carboxylic acids is 1. The lowest BCUT2D eigenvalue weighted by molar-refractivity contribution is -0.151. The van der Waals surface area contributed by atoms with E-state index in [0.29, 0.717) is 0 Å². The maximum atomic E-state index is 13.7. The highest BCUT2D eigenvalue weighted by Crippen LogP contribution is 2.37. The molecule has 2 atom stereocenters. The van der Waals surface area contributed by atoms with Crippen LogP contribution in [-0.2, 0) is 9.53 Å². The molecule has 7 heteroatoms. The molecule has 1 aliphatic rings. The van der Waals surface area contributed by atoms with Gasteiger partial charge >= 0.3 is 12.1 Å². The second-order valence-electron chi connectivity index (χ2n) is 5.78. The summed E-state index contributed by atoms with van der Waals surface area (Å²) in [5, 5.41) is 10.9. The average molecular weight is 279 g/mol. The minimum Gasteiger partial charge on any atom is -0.481 e. The van der Waals surface area contributed by atoms with E-state index in [4.69, 9.17) is 9.84 Å². The molecule has 2 unspecified atom stereocenters. The average Bonchev–Trinajstić information content (AvgIpc) is 2.17. The molecule has 5 nitrogen and oxygen atoms in total. The molecule has 0 aromatic rings. The third kappa shape index (κ3) is 4.65. The van der Waals surface area contributed by atoms with Crippen molar-refractivity contribution in [2.75, 3.05) is 0 Å². The van der Waals surface area contributed by atoms with Gasteiger partial charge in [-0.3, -0.25) is 4.79 Å². The molecular formula is C12H19F2NO4. The summed E-state index contributed by atoms with van der Waals surface area (Å²) in [6, 6.07) is -1.38. The lowest BCUT2D eigenvalue weighted by Crippen LogP contribution is -2.52. The predicted octanol–water partition coefficient (Wildman–Crippen LogP) is 2.40. The highest BCUT2D eigenvalue weighted by atomic mass is 19.3. The van der Waals surface area contributed by atoms with Crippen LogP contribution in [0.15, 0.2) is 0 Å². The van der Waals surface area contributed by atoms with Crippen LogP contribution in [0.1, 0.15) is 40.0 Å². The molecule has 0 aromatic heterocycles. The van der Waals surface area contributed by atoms with Crippen molar-refractivity contribution in [1.29, 1.82) is 0 Å². The Hall–Kier alpha value is -1.40. The largest absolute Gasteiger partial charge is 0.481 e. The minimum absolute atomic E-state index is 0.0801. The summed E-state index contributed by atoms with van der Waals surface area (Å²) < 4.78 is 32.4. The fourth-order valence-electron chi connectivity index (χ4n) is 1.99. The second-order valence-corrected chi connectivity index (χ2v) is 5.78. The van der Waals surface area contributed by atoms with E-state index in [9.17, 15) is 18.4 Å². The summed E-state index contributed by atoms with van der Waals surface area (Å²) in [5.74, 6) is -5.53. The van der Waals surface area contributed by atoms with Crippen molar-refractivity contribution in [3.8, 4) is 0 Å². The van der Waals surface area contributed by atoms with E-state index in [1.807, 2.05) is 0 Å². The molecule has 0 aromatic carbocycles. The Balaban J connectivity index is 2.60. The molecule has 1 amide bonds. The highest BCUT2D eigenvalue weighted by molar-refractivity contribution is 5.71. The third-order valence-corrected chi connectivity index (χ3v) is 2.87. The second kappa shape index (κ2) is 5.30. The smallest absolute Gasteiger partial charge is 0.408 e. The van der Waals surface area contributed by atoms with Crippen molar-refractivity contribution in [2.24, 2.45) is 5.92 Å². The normalized spacial score (nSPS) is 26.6. The number of halogens is 2. The molecule has 0 radical (unpaired) electrons. The summed E-state index contributed by atoms with van der Waals surface area (Å²) in [5.41, 5.74) is -0.766. The molecule has 19 heavy (non-hydrogen) atoms. The first-order chi connectivity index (χ1) is 8.51. The van der Waals surface area contributed by atoms with Crippen molar-refractivity contribution in [1.82, 2.24) is 5.32 Å². The topological polar surface area (TPSA) is 75.6 Å². The number of rotatable bonds is 2. The van der Waals surface area contributed by atoms with Crippen molar-refractivity contribution in [3.63, 3.8) is 0 Å². The van der Waals surface area contributed by atoms with Crippen LogP contribution < -0.4 is 5.32 Å². The van der Waals surface area contributed by atoms with E-state index < -0.39 is 42.0 Å². The van der Waals surface area contributed by atoms with Crippen LogP contribution >= 0.6 is 0 Å². The zero-order chi connectivity index (χ0) is 14.8. The first-order valence-electron chi connectivity index (χ1n) is 6.11. The summed E-state index contributed by atoms with van der Waals surface area (Å²) in [7, 11) is 0. The molecule has 0 bridgehead atoms. The quantitative estimate of drug-likeness (QED) is 0.813. The monoisotopic (exact) mass is 279 g/mol. The zero-order valence-electron chi connectivity index (χ0n) is 11.2. The van der Waals surface area contributed by atoms with Gasteiger partial charge in [-0.1, -0.05) is 0 Å². The van der Waals surface area contributed by atoms with Crippen LogP contribution in [0, 0.1) is 5.92 Å². The summed E-state index contributed by atoms with van der Waals surface area (Å²) in [6.45, 7) is 4.89. The summed E-state index contributed by atoms with van der Waals surface area (Å²) in [6.07, 6.45) is -1.64. The van der Waals surface area contributed by atoms with Gasteiger partial charge in [0.25, 0.3) is 5.92 Å². The predicted molar refractivity (Wildman–Crippen MR) is 63.1 cm³/mol. The number of carboxylic acid groups (broad SMARTS) is 1. The van der Waals surface area contributed by atoms with E-state index in [1.165, 1.54) is 0 Å². The van der Waals surface area contributed by atoms with Gasteiger partial charge in [-0.2, -0.15) is 0 Å². The van der Waals surface area contributed by atoms with Gasteiger partial charge in [0.1, 0.15) is 5.60 Å². The number of alkyl carbamates (subject to hydrolysis) is 1. The number of hydrogen-bond donors (Lipinski definition) is 2. The third-order valence-electron chi connectivity index (χ3n) is 2.87. The minimum atomic E-state index is -3.24. The maximum Gasteiger partial charge on any atom is 0.408 e. The fourth-order valence-corrected chi connectivity index (χ4v) is 1.99. The van der Waals surface area contributed by atoms with E-state index in [-0.39, 0.29) is 12.8 Å². The van der Waals surface area contributed by atoms with Crippen molar-refractivity contribution < 1.29 is 28.2 Å². The van der Waals surface area contributed by atoms with Gasteiger partial charge in [-0.05, 0) is 33.6 Å². The van der Waals surface area contributed by atoms with Crippen LogP contribution in [0.4, 0.5) is 13.6 Å². The SMILES string of the molecule is CC(C)(C)OC(=O)NC1CCC(C(=O)O)CC1(F)F. The van der Waals surface area contributed by atoms with E-state index in [2.05, 4.69) is 5.32 Å². The van der Waals surface area contributed by atoms with E-state index in [0.717, 1.165) is 0 Å². The van der Waals surface area contributed by atoms with Crippen LogP contribution in [0.5, 0.6) is 0 Å². The number of carbonyl (C=O) groups excluding carboxylic acids is 1. The van der Waals surface area contributed by atoms with Crippen LogP contribution in [0.2, 0.25) is 0 Å². The van der Waals surface area contributed by atoms with E-state index >= 15 is 0 Å². The molecule has 1 rings (SSSR count). The van der Waals surface area contributed by atoms with Crippen LogP contribution in [0.25, 0.3) is 0 Å². The van der Waals surface area contributed by atoms with Crippen molar-refractivity contribution >= 4 is 12.1 Å². The van der Waals surface area contributed by atoms with Gasteiger partial charge in [0, 0.05) is 6.42 Å². The fraction of sp³-hybridized carbons (Fsp3) is 0.833. The molecule has 1 fully saturated rings. The Morgan fingerprint density at radius 1 is 1.32 bits per heavy atom. The first-order valence-corrected chi connectivity index (χ1v) is 6.11. The van der Waals surface area contributed by atoms with Crippen LogP contribution in [0.3, 0.4) is 0 Å². The van der Waals surface area contributed by atoms with Crippen LogP contribution in [-0.4, -0.2) is 34.7 Å². The maximum absolute atomic E-state index is 13.7. The number of hydrogen-bond acceptors (Lipinski definition) is 3. The standard InChI is InChI=1S/C12H19F2NO4/c1-11(2,3)19-10(18)15-8-5-4-7(9(16)17)6-12(8,13)14/h7-8H,4-6H2,1-3H3,(H,15,18)(H,16,17). The Bertz CT molecular complexity index is 365. The number of amides is 1. The Labute approximate surface area is 110 Å². The molecule has 0 spiro atoms. The van der Waals surface area contributed by atoms with Gasteiger partial charge in [0.15, 0.2) is 0 Å². The molecule has 1 aliphatic carbocycles. The molecule has 0 heterocycles. The molecule has 2 N–H and O–H groups in total. The summed E-state index contributed by atoms with van der Waals surface area (Å²) in [4.78, 5) is 22.2. The molecule has 0 saturated heterocycles. The molecular weight excluding hydrogens is 260 g/mol. The summed E-state index contributed by atoms with van der Waals surface area (Å²) >= 11 is 0. The molecule has 0 aliphatic heterocycles. The highest BCUT2D eigenvalue weighted by Gasteiger charge is 2.48. The Morgan fingerprint density at radius 2 is 1.89 bits per heavy atom. The molecule has 110 valence electrons. The van der Waals surface area contributed by atoms with Gasteiger partial charge in [0.2, 0.25) is 0 Å². The van der Waals surface area contributed by atoms with E-state index in [1.54, 1.807) is 20.8 Å².